The van der Waals surface area contributed by atoms with Crippen LogP contribution in [0, 0.1) is 6.92 Å². The van der Waals surface area contributed by atoms with E-state index < -0.39 is 12.1 Å². The lowest BCUT2D eigenvalue weighted by molar-refractivity contribution is 0.0795. The summed E-state index contributed by atoms with van der Waals surface area (Å²) in [4.78, 5) is 12.9. The minimum Gasteiger partial charge on any atom is -0.508 e. The molecule has 3 atom stereocenters. The molecule has 1 amide bonds. The summed E-state index contributed by atoms with van der Waals surface area (Å²) in [6.45, 7) is 1.70. The van der Waals surface area contributed by atoms with Crippen LogP contribution in [0.15, 0.2) is 78.9 Å². The van der Waals surface area contributed by atoms with Gasteiger partial charge in [-0.15, -0.1) is 0 Å². The fourth-order valence-electron chi connectivity index (χ4n) is 3.74. The second-order valence-electron chi connectivity index (χ2n) is 7.97. The maximum Gasteiger partial charge on any atom is 0.252 e. The van der Waals surface area contributed by atoms with E-state index in [9.17, 15) is 15.0 Å². The van der Waals surface area contributed by atoms with E-state index in [2.05, 4.69) is 5.32 Å². The Morgan fingerprint density at radius 2 is 1.48 bits per heavy atom. The van der Waals surface area contributed by atoms with Gasteiger partial charge in [0.25, 0.3) is 5.91 Å². The Morgan fingerprint density at radius 1 is 0.903 bits per heavy atom. The fourth-order valence-corrected chi connectivity index (χ4v) is 3.74. The summed E-state index contributed by atoms with van der Waals surface area (Å²) in [7, 11) is 0. The second kappa shape index (κ2) is 10.8. The van der Waals surface area contributed by atoms with Crippen molar-refractivity contribution in [2.75, 3.05) is 0 Å². The van der Waals surface area contributed by atoms with Gasteiger partial charge < -0.3 is 21.3 Å². The minimum absolute atomic E-state index is 0.0673. The maximum absolute atomic E-state index is 12.9. The molecule has 3 unspecified atom stereocenters. The Kier molecular flexibility index (Phi) is 7.82. The standard InChI is InChI=1S/C26H30N2O3/c1-18-22(13-8-14-24(18)29)26(31)28-23(16-20-11-6-3-7-12-20)25(30)17-21(27)15-19-9-4-2-5-10-19/h2-14,21,23,25,29-30H,15-17,27H2,1H3,(H,28,31). The van der Waals surface area contributed by atoms with Crippen LogP contribution in [0.5, 0.6) is 5.75 Å². The predicted octanol–water partition coefficient (Wildman–Crippen LogP) is 3.36. The molecule has 0 heterocycles. The molecule has 0 aliphatic rings. The first-order valence-corrected chi connectivity index (χ1v) is 10.5. The average molecular weight is 419 g/mol. The molecule has 0 aromatic heterocycles. The molecule has 0 aliphatic carbocycles. The summed E-state index contributed by atoms with van der Waals surface area (Å²) in [5, 5.41) is 23.9. The van der Waals surface area contributed by atoms with Crippen molar-refractivity contribution in [1.29, 1.82) is 0 Å². The molecule has 0 aliphatic heterocycles. The lowest BCUT2D eigenvalue weighted by atomic mass is 9.93. The maximum atomic E-state index is 12.9. The molecule has 162 valence electrons. The normalized spacial score (nSPS) is 13.9. The monoisotopic (exact) mass is 418 g/mol. The molecular formula is C26H30N2O3. The third kappa shape index (κ3) is 6.41. The van der Waals surface area contributed by atoms with Gasteiger partial charge in [-0.1, -0.05) is 66.7 Å². The van der Waals surface area contributed by atoms with Crippen LogP contribution < -0.4 is 11.1 Å². The lowest BCUT2D eigenvalue weighted by Crippen LogP contribution is -2.47. The number of carbonyl (C=O) groups is 1. The molecule has 0 saturated heterocycles. The van der Waals surface area contributed by atoms with Gasteiger partial charge in [0.1, 0.15) is 5.75 Å². The van der Waals surface area contributed by atoms with Gasteiger partial charge in [-0.05, 0) is 49.4 Å². The van der Waals surface area contributed by atoms with Gasteiger partial charge >= 0.3 is 0 Å². The van der Waals surface area contributed by atoms with Crippen LogP contribution in [0.4, 0.5) is 0 Å². The van der Waals surface area contributed by atoms with Crippen LogP contribution in [0.2, 0.25) is 0 Å². The highest BCUT2D eigenvalue weighted by molar-refractivity contribution is 5.96. The Morgan fingerprint density at radius 3 is 2.10 bits per heavy atom. The molecule has 0 spiro atoms. The predicted molar refractivity (Wildman–Crippen MR) is 123 cm³/mol. The van der Waals surface area contributed by atoms with Gasteiger partial charge in [0.05, 0.1) is 12.1 Å². The molecule has 0 radical (unpaired) electrons. The summed E-state index contributed by atoms with van der Waals surface area (Å²) in [5.41, 5.74) is 9.34. The van der Waals surface area contributed by atoms with Crippen LogP contribution in [0.3, 0.4) is 0 Å². The number of phenolic OH excluding ortho intramolecular Hbond substituents is 1. The topological polar surface area (TPSA) is 95.6 Å². The fraction of sp³-hybridized carbons (Fsp3) is 0.269. The number of aliphatic hydroxyl groups is 1. The largest absolute Gasteiger partial charge is 0.508 e. The van der Waals surface area contributed by atoms with E-state index in [0.29, 0.717) is 30.4 Å². The number of amides is 1. The Balaban J connectivity index is 1.73. The van der Waals surface area contributed by atoms with Gasteiger partial charge in [-0.25, -0.2) is 0 Å². The third-order valence-electron chi connectivity index (χ3n) is 5.51. The van der Waals surface area contributed by atoms with Crippen molar-refractivity contribution in [3.8, 4) is 5.75 Å². The van der Waals surface area contributed by atoms with Crippen LogP contribution in [0.25, 0.3) is 0 Å². The van der Waals surface area contributed by atoms with Crippen molar-refractivity contribution >= 4 is 5.91 Å². The zero-order valence-electron chi connectivity index (χ0n) is 17.7. The van der Waals surface area contributed by atoms with Crippen molar-refractivity contribution in [1.82, 2.24) is 5.32 Å². The van der Waals surface area contributed by atoms with E-state index in [4.69, 9.17) is 5.73 Å². The molecule has 31 heavy (non-hydrogen) atoms. The molecule has 3 rings (SSSR count). The van der Waals surface area contributed by atoms with Crippen LogP contribution >= 0.6 is 0 Å². The van der Waals surface area contributed by atoms with Gasteiger partial charge in [-0.3, -0.25) is 4.79 Å². The first kappa shape index (κ1) is 22.5. The molecule has 0 saturated carbocycles. The highest BCUT2D eigenvalue weighted by Crippen LogP contribution is 2.20. The SMILES string of the molecule is Cc1c(O)cccc1C(=O)NC(Cc1ccccc1)C(O)CC(N)Cc1ccccc1. The van der Waals surface area contributed by atoms with Gasteiger partial charge in [0.2, 0.25) is 0 Å². The molecule has 3 aromatic rings. The molecule has 3 aromatic carbocycles. The Labute approximate surface area is 183 Å². The zero-order chi connectivity index (χ0) is 22.2. The summed E-state index contributed by atoms with van der Waals surface area (Å²) in [6, 6.07) is 23.7. The Hall–Kier alpha value is -3.15. The number of hydrogen-bond donors (Lipinski definition) is 4. The van der Waals surface area contributed by atoms with E-state index in [0.717, 1.165) is 11.1 Å². The average Bonchev–Trinajstić information content (AvgIpc) is 2.76. The highest BCUT2D eigenvalue weighted by Gasteiger charge is 2.25. The molecular weight excluding hydrogens is 388 g/mol. The molecule has 5 N–H and O–H groups in total. The number of nitrogens with one attached hydrogen (secondary N) is 1. The van der Waals surface area contributed by atoms with Gasteiger partial charge in [-0.2, -0.15) is 0 Å². The van der Waals surface area contributed by atoms with Crippen molar-refractivity contribution in [3.63, 3.8) is 0 Å². The first-order chi connectivity index (χ1) is 14.9. The number of aromatic hydroxyl groups is 1. The number of aliphatic hydroxyl groups excluding tert-OH is 1. The number of phenols is 1. The van der Waals surface area contributed by atoms with Crippen molar-refractivity contribution < 1.29 is 15.0 Å². The number of hydrogen-bond acceptors (Lipinski definition) is 4. The molecule has 0 fully saturated rings. The summed E-state index contributed by atoms with van der Waals surface area (Å²) in [6.07, 6.45) is 0.658. The number of benzene rings is 3. The minimum atomic E-state index is -0.819. The zero-order valence-corrected chi connectivity index (χ0v) is 17.7. The number of rotatable bonds is 9. The van der Waals surface area contributed by atoms with Gasteiger partial charge in [0, 0.05) is 17.2 Å². The van der Waals surface area contributed by atoms with Crippen molar-refractivity contribution in [2.45, 2.75) is 44.4 Å². The number of nitrogens with two attached hydrogens (primary N) is 1. The molecule has 5 heteroatoms. The number of carbonyl (C=O) groups excluding carboxylic acids is 1. The molecule has 5 nitrogen and oxygen atoms in total. The van der Waals surface area contributed by atoms with E-state index in [1.165, 1.54) is 0 Å². The first-order valence-electron chi connectivity index (χ1n) is 10.5. The van der Waals surface area contributed by atoms with Crippen LogP contribution in [0.1, 0.15) is 33.5 Å². The third-order valence-corrected chi connectivity index (χ3v) is 5.51. The quantitative estimate of drug-likeness (QED) is 0.428. The smallest absolute Gasteiger partial charge is 0.252 e. The van der Waals surface area contributed by atoms with E-state index in [1.54, 1.807) is 25.1 Å². The highest BCUT2D eigenvalue weighted by atomic mass is 16.3. The second-order valence-corrected chi connectivity index (χ2v) is 7.97. The molecule has 0 bridgehead atoms. The van der Waals surface area contributed by atoms with Crippen LogP contribution in [-0.2, 0) is 12.8 Å². The van der Waals surface area contributed by atoms with Gasteiger partial charge in [0.15, 0.2) is 0 Å². The van der Waals surface area contributed by atoms with E-state index in [1.807, 2.05) is 60.7 Å². The summed E-state index contributed by atoms with van der Waals surface area (Å²) in [5.74, 6) is -0.261. The van der Waals surface area contributed by atoms with Crippen molar-refractivity contribution in [2.24, 2.45) is 5.73 Å². The van der Waals surface area contributed by atoms with Crippen molar-refractivity contribution in [3.05, 3.63) is 101 Å². The lowest BCUT2D eigenvalue weighted by Gasteiger charge is -2.27. The van der Waals surface area contributed by atoms with E-state index >= 15 is 0 Å². The summed E-state index contributed by atoms with van der Waals surface area (Å²) >= 11 is 0. The van der Waals surface area contributed by atoms with Crippen LogP contribution in [-0.4, -0.2) is 34.3 Å². The Bertz CT molecular complexity index is 976. The van der Waals surface area contributed by atoms with E-state index in [-0.39, 0.29) is 17.7 Å². The summed E-state index contributed by atoms with van der Waals surface area (Å²) < 4.78 is 0.